The number of nitrogens with one attached hydrogen (secondary N) is 2. The quantitative estimate of drug-likeness (QED) is 0.538. The molecule has 178 valence electrons. The fourth-order valence-corrected chi connectivity index (χ4v) is 5.18. The minimum Gasteiger partial charge on any atom is -0.459 e. The predicted molar refractivity (Wildman–Crippen MR) is 138 cm³/mol. The highest BCUT2D eigenvalue weighted by Crippen LogP contribution is 2.40. The normalized spacial score (nSPS) is 17.7. The highest BCUT2D eigenvalue weighted by Gasteiger charge is 2.38. The molecule has 1 saturated heterocycles. The predicted octanol–water partition coefficient (Wildman–Crippen LogP) is 5.71. The second kappa shape index (κ2) is 10.3. The van der Waals surface area contributed by atoms with Crippen LogP contribution in [-0.4, -0.2) is 40.5 Å². The summed E-state index contributed by atoms with van der Waals surface area (Å²) in [6.07, 6.45) is 0.774. The number of esters is 1. The van der Waals surface area contributed by atoms with Crippen LogP contribution in [0.4, 0.5) is 16.2 Å². The van der Waals surface area contributed by atoms with Gasteiger partial charge in [0.15, 0.2) is 5.17 Å². The number of allylic oxidation sites excluding steroid dienone is 1. The summed E-state index contributed by atoms with van der Waals surface area (Å²) in [5, 5.41) is 6.70. The number of urea groups is 1. The maximum atomic E-state index is 13.1. The third kappa shape index (κ3) is 5.44. The van der Waals surface area contributed by atoms with E-state index in [1.807, 2.05) is 76.2 Å². The highest BCUT2D eigenvalue weighted by molar-refractivity contribution is 8.13. The molecule has 8 heteroatoms. The Hall–Kier alpha value is -3.26. The molecule has 1 atom stereocenters. The first-order chi connectivity index (χ1) is 16.3. The van der Waals surface area contributed by atoms with Crippen LogP contribution in [0.15, 0.2) is 64.8 Å². The average molecular weight is 479 g/mol. The smallest absolute Gasteiger partial charge is 0.338 e. The zero-order chi connectivity index (χ0) is 24.2. The van der Waals surface area contributed by atoms with E-state index in [1.54, 1.807) is 11.8 Å². The van der Waals surface area contributed by atoms with Crippen molar-refractivity contribution in [1.29, 1.82) is 0 Å². The van der Waals surface area contributed by atoms with Crippen molar-refractivity contribution in [2.75, 3.05) is 22.9 Å². The number of hydrogen-bond acceptors (Lipinski definition) is 6. The summed E-state index contributed by atoms with van der Waals surface area (Å²) in [4.78, 5) is 32.6. The summed E-state index contributed by atoms with van der Waals surface area (Å²) in [6, 6.07) is 14.6. The number of ether oxygens (including phenoxy) is 1. The van der Waals surface area contributed by atoms with Crippen LogP contribution in [0.3, 0.4) is 0 Å². The Labute approximate surface area is 204 Å². The number of thioether (sulfide) groups is 1. The molecule has 0 aliphatic carbocycles. The van der Waals surface area contributed by atoms with E-state index in [4.69, 9.17) is 9.73 Å². The fraction of sp³-hybridized carbons (Fsp3) is 0.346. The number of amides is 2. The second-order valence-electron chi connectivity index (χ2n) is 8.72. The molecule has 4 rings (SSSR count). The van der Waals surface area contributed by atoms with E-state index in [1.165, 1.54) is 0 Å². The molecule has 34 heavy (non-hydrogen) atoms. The van der Waals surface area contributed by atoms with Crippen molar-refractivity contribution in [2.45, 2.75) is 46.3 Å². The molecular weight excluding hydrogens is 448 g/mol. The number of aryl methyl sites for hydroxylation is 1. The standard InChI is InChI=1S/C26H30N4O3S/c1-16(2)33-24(31)22-18(4)27-26-30(12-7-13-34-26)23(22)19-9-6-11-21(15-19)29-25(32)28-20-10-5-8-17(3)14-20/h5-6,8-11,14-16,23H,7,12-13H2,1-4H3,(H2,28,29,32)/t23-/m0/s1. The Morgan fingerprint density at radius 3 is 2.50 bits per heavy atom. The van der Waals surface area contributed by atoms with E-state index in [9.17, 15) is 9.59 Å². The van der Waals surface area contributed by atoms with Crippen molar-refractivity contribution >= 4 is 40.3 Å². The zero-order valence-corrected chi connectivity index (χ0v) is 20.7. The molecule has 2 amide bonds. The van der Waals surface area contributed by atoms with Crippen LogP contribution in [0.5, 0.6) is 0 Å². The first-order valence-electron chi connectivity index (χ1n) is 11.5. The minimum absolute atomic E-state index is 0.229. The number of carbonyl (C=O) groups excluding carboxylic acids is 2. The van der Waals surface area contributed by atoms with Gasteiger partial charge in [0.25, 0.3) is 0 Å². The average Bonchev–Trinajstić information content (AvgIpc) is 2.77. The van der Waals surface area contributed by atoms with Gasteiger partial charge in [0, 0.05) is 23.7 Å². The van der Waals surface area contributed by atoms with Crippen LogP contribution in [0.1, 0.15) is 44.4 Å². The molecule has 0 radical (unpaired) electrons. The van der Waals surface area contributed by atoms with Crippen molar-refractivity contribution in [3.8, 4) is 0 Å². The summed E-state index contributed by atoms with van der Waals surface area (Å²) in [5.74, 6) is 0.647. The lowest BCUT2D eigenvalue weighted by Gasteiger charge is -2.40. The van der Waals surface area contributed by atoms with Crippen molar-refractivity contribution in [2.24, 2.45) is 4.99 Å². The zero-order valence-electron chi connectivity index (χ0n) is 19.9. The van der Waals surface area contributed by atoms with Crippen molar-refractivity contribution in [3.63, 3.8) is 0 Å². The number of benzene rings is 2. The van der Waals surface area contributed by atoms with Crippen molar-refractivity contribution in [3.05, 3.63) is 70.9 Å². The topological polar surface area (TPSA) is 83.0 Å². The van der Waals surface area contributed by atoms with E-state index in [0.29, 0.717) is 17.0 Å². The SMILES string of the molecule is CC1=C(C(=O)OC(C)C)[C@H](c2cccc(NC(=O)Nc3cccc(C)c3)c2)N2CCCSC2=N1. The van der Waals surface area contributed by atoms with Gasteiger partial charge in [-0.25, -0.2) is 14.6 Å². The van der Waals surface area contributed by atoms with Gasteiger partial charge in [-0.3, -0.25) is 0 Å². The molecule has 0 bridgehead atoms. The first kappa shape index (κ1) is 23.9. The van der Waals surface area contributed by atoms with Crippen molar-refractivity contribution in [1.82, 2.24) is 4.90 Å². The van der Waals surface area contributed by atoms with Crippen LogP contribution in [0.25, 0.3) is 0 Å². The molecule has 2 N–H and O–H groups in total. The number of nitrogens with zero attached hydrogens (tertiary/aromatic N) is 2. The summed E-state index contributed by atoms with van der Waals surface area (Å²) in [5.41, 5.74) is 4.55. The van der Waals surface area contributed by atoms with E-state index in [0.717, 1.165) is 40.7 Å². The van der Waals surface area contributed by atoms with Gasteiger partial charge in [-0.2, -0.15) is 0 Å². The molecule has 1 fully saturated rings. The minimum atomic E-state index is -0.355. The van der Waals surface area contributed by atoms with E-state index >= 15 is 0 Å². The Kier molecular flexibility index (Phi) is 7.26. The number of hydrogen-bond donors (Lipinski definition) is 2. The van der Waals surface area contributed by atoms with Gasteiger partial charge in [-0.05, 0) is 69.5 Å². The Morgan fingerprint density at radius 2 is 1.79 bits per heavy atom. The number of anilines is 2. The van der Waals surface area contributed by atoms with Gasteiger partial charge in [-0.15, -0.1) is 0 Å². The van der Waals surface area contributed by atoms with E-state index < -0.39 is 0 Å². The largest absolute Gasteiger partial charge is 0.459 e. The Morgan fingerprint density at radius 1 is 1.09 bits per heavy atom. The molecular formula is C26H30N4O3S. The van der Waals surface area contributed by atoms with Crippen LogP contribution < -0.4 is 10.6 Å². The van der Waals surface area contributed by atoms with E-state index in [2.05, 4.69) is 15.5 Å². The molecule has 2 aliphatic heterocycles. The molecule has 0 saturated carbocycles. The van der Waals surface area contributed by atoms with Crippen LogP contribution in [0, 0.1) is 6.92 Å². The number of rotatable bonds is 5. The number of aliphatic imine (C=N–C) groups is 1. The number of fused-ring (bicyclic) bond motifs is 1. The van der Waals surface area contributed by atoms with Crippen LogP contribution in [0.2, 0.25) is 0 Å². The third-order valence-electron chi connectivity index (χ3n) is 5.56. The lowest BCUT2D eigenvalue weighted by molar-refractivity contribution is -0.143. The fourth-order valence-electron chi connectivity index (χ4n) is 4.16. The monoisotopic (exact) mass is 478 g/mol. The molecule has 2 aliphatic rings. The lowest BCUT2D eigenvalue weighted by Crippen LogP contribution is -2.42. The molecule has 2 aromatic carbocycles. The maximum Gasteiger partial charge on any atom is 0.338 e. The molecule has 0 unspecified atom stereocenters. The molecule has 7 nitrogen and oxygen atoms in total. The summed E-state index contributed by atoms with van der Waals surface area (Å²) in [6.45, 7) is 8.32. The molecule has 0 aromatic heterocycles. The summed E-state index contributed by atoms with van der Waals surface area (Å²) >= 11 is 1.70. The van der Waals surface area contributed by atoms with Crippen LogP contribution >= 0.6 is 11.8 Å². The summed E-state index contributed by atoms with van der Waals surface area (Å²) < 4.78 is 5.58. The van der Waals surface area contributed by atoms with Gasteiger partial charge in [0.2, 0.25) is 0 Å². The Bertz CT molecular complexity index is 1160. The van der Waals surface area contributed by atoms with Gasteiger partial charge < -0.3 is 20.3 Å². The number of carbonyl (C=O) groups is 2. The summed E-state index contributed by atoms with van der Waals surface area (Å²) in [7, 11) is 0. The Balaban J connectivity index is 1.62. The second-order valence-corrected chi connectivity index (χ2v) is 9.78. The van der Waals surface area contributed by atoms with Gasteiger partial charge >= 0.3 is 12.0 Å². The van der Waals surface area contributed by atoms with E-state index in [-0.39, 0.29) is 24.1 Å². The maximum absolute atomic E-state index is 13.1. The molecule has 0 spiro atoms. The lowest BCUT2D eigenvalue weighted by atomic mass is 9.94. The first-order valence-corrected chi connectivity index (χ1v) is 12.4. The van der Waals surface area contributed by atoms with Gasteiger partial charge in [0.1, 0.15) is 0 Å². The van der Waals surface area contributed by atoms with Crippen molar-refractivity contribution < 1.29 is 14.3 Å². The van der Waals surface area contributed by atoms with Gasteiger partial charge in [-0.1, -0.05) is 36.0 Å². The highest BCUT2D eigenvalue weighted by atomic mass is 32.2. The third-order valence-corrected chi connectivity index (χ3v) is 6.63. The number of amidine groups is 1. The molecule has 2 aromatic rings. The van der Waals surface area contributed by atoms with Gasteiger partial charge in [0.05, 0.1) is 23.4 Å². The molecule has 2 heterocycles. The van der Waals surface area contributed by atoms with Crippen LogP contribution in [-0.2, 0) is 9.53 Å².